The fraction of sp³-hybridized carbons (Fsp3) is 0.250. The third-order valence-corrected chi connectivity index (χ3v) is 13.0. The van der Waals surface area contributed by atoms with Gasteiger partial charge in [0.15, 0.2) is 0 Å². The normalized spacial score (nSPS) is 10.2. The standard InChI is InChI=1S/3C8H9.ClH.Sn/c3*1-2-8-6-4-3-5-7-8;;/h3*3-7H,1-2H2;1H;/q;;;;+1/p-1. The summed E-state index contributed by atoms with van der Waals surface area (Å²) in [6.45, 7) is 0. The molecule has 0 N–H and O–H groups in total. The van der Waals surface area contributed by atoms with Gasteiger partial charge in [-0.2, -0.15) is 0 Å². The molecule has 0 amide bonds. The third-order valence-electron chi connectivity index (χ3n) is 4.83. The van der Waals surface area contributed by atoms with E-state index in [9.17, 15) is 0 Å². The van der Waals surface area contributed by atoms with Gasteiger partial charge in [-0.15, -0.1) is 0 Å². The fourth-order valence-electron chi connectivity index (χ4n) is 3.27. The third kappa shape index (κ3) is 7.55. The van der Waals surface area contributed by atoms with Gasteiger partial charge in [0.05, 0.1) is 0 Å². The van der Waals surface area contributed by atoms with Crippen LogP contribution in [0.2, 0.25) is 13.3 Å². The van der Waals surface area contributed by atoms with Gasteiger partial charge in [-0.3, -0.25) is 0 Å². The van der Waals surface area contributed by atoms with Gasteiger partial charge < -0.3 is 12.4 Å². The van der Waals surface area contributed by atoms with Gasteiger partial charge in [0.2, 0.25) is 0 Å². The second-order valence-corrected chi connectivity index (χ2v) is 15.3. The predicted octanol–water partition coefficient (Wildman–Crippen LogP) is 3.21. The molecule has 0 spiro atoms. The first-order valence-corrected chi connectivity index (χ1v) is 15.4. The second kappa shape index (κ2) is 12.2. The van der Waals surface area contributed by atoms with Gasteiger partial charge >= 0.3 is 160 Å². The Hall–Kier alpha value is -1.25. The summed E-state index contributed by atoms with van der Waals surface area (Å²) < 4.78 is 4.43. The molecule has 0 aliphatic heterocycles. The van der Waals surface area contributed by atoms with Crippen LogP contribution in [0, 0.1) is 0 Å². The number of halogens is 1. The molecule has 3 rings (SSSR count). The van der Waals surface area contributed by atoms with E-state index in [4.69, 9.17) is 0 Å². The molecule has 3 aromatic rings. The van der Waals surface area contributed by atoms with Crippen molar-refractivity contribution in [3.05, 3.63) is 108 Å². The topological polar surface area (TPSA) is 0 Å². The van der Waals surface area contributed by atoms with Crippen LogP contribution in [0.4, 0.5) is 0 Å². The summed E-state index contributed by atoms with van der Waals surface area (Å²) in [6, 6.07) is 33.1. The van der Waals surface area contributed by atoms with Gasteiger partial charge in [0, 0.05) is 0 Å². The Kier molecular flexibility index (Phi) is 9.87. The molecule has 26 heavy (non-hydrogen) atoms. The molecule has 0 aliphatic carbocycles. The summed E-state index contributed by atoms with van der Waals surface area (Å²) >= 11 is -1.38. The van der Waals surface area contributed by atoms with Crippen LogP contribution in [0.3, 0.4) is 0 Å². The van der Waals surface area contributed by atoms with E-state index in [1.807, 2.05) is 0 Å². The zero-order valence-corrected chi connectivity index (χ0v) is 18.9. The van der Waals surface area contributed by atoms with Crippen molar-refractivity contribution < 1.29 is 12.4 Å². The van der Waals surface area contributed by atoms with E-state index >= 15 is 0 Å². The summed E-state index contributed by atoms with van der Waals surface area (Å²) in [6.07, 6.45) is 3.83. The summed E-state index contributed by atoms with van der Waals surface area (Å²) in [4.78, 5) is 0. The van der Waals surface area contributed by atoms with Crippen LogP contribution in [0.5, 0.6) is 0 Å². The van der Waals surface area contributed by atoms with Crippen molar-refractivity contribution >= 4 is 19.8 Å². The molecule has 0 atom stereocenters. The van der Waals surface area contributed by atoms with Crippen molar-refractivity contribution in [1.29, 1.82) is 0 Å². The molecule has 0 saturated heterocycles. The molecular formula is C24H27ClSn. The number of benzene rings is 3. The van der Waals surface area contributed by atoms with Gasteiger partial charge in [0.25, 0.3) is 0 Å². The van der Waals surface area contributed by atoms with Crippen molar-refractivity contribution in [3.63, 3.8) is 0 Å². The Morgan fingerprint density at radius 3 is 0.962 bits per heavy atom. The van der Waals surface area contributed by atoms with Gasteiger partial charge in [-0.1, -0.05) is 0 Å². The minimum atomic E-state index is -1.38. The average Bonchev–Trinajstić information content (AvgIpc) is 2.70. The van der Waals surface area contributed by atoms with E-state index in [1.54, 1.807) is 0 Å². The average molecular weight is 470 g/mol. The minimum absolute atomic E-state index is 0. The Morgan fingerprint density at radius 2 is 0.692 bits per heavy atom. The van der Waals surface area contributed by atoms with E-state index in [-0.39, 0.29) is 12.4 Å². The first kappa shape index (κ1) is 21.1. The van der Waals surface area contributed by atoms with E-state index in [0.717, 1.165) is 0 Å². The molecule has 0 nitrogen and oxygen atoms in total. The predicted molar refractivity (Wildman–Crippen MR) is 111 cm³/mol. The first-order valence-electron chi connectivity index (χ1n) is 9.35. The number of hydrogen-bond acceptors (Lipinski definition) is 0. The van der Waals surface area contributed by atoms with Crippen molar-refractivity contribution in [2.75, 3.05) is 0 Å². The molecule has 0 aromatic heterocycles. The Balaban J connectivity index is 0.00000243. The quantitative estimate of drug-likeness (QED) is 0.422. The zero-order chi connectivity index (χ0) is 17.2. The summed E-state index contributed by atoms with van der Waals surface area (Å²) in [5.74, 6) is 0. The molecule has 134 valence electrons. The van der Waals surface area contributed by atoms with Crippen LogP contribution in [0.1, 0.15) is 16.7 Å². The van der Waals surface area contributed by atoms with E-state index in [2.05, 4.69) is 91.0 Å². The zero-order valence-electron chi connectivity index (χ0n) is 15.3. The molecule has 2 heteroatoms. The molecule has 0 radical (unpaired) electrons. The van der Waals surface area contributed by atoms with Crippen molar-refractivity contribution in [2.45, 2.75) is 32.6 Å². The fourth-order valence-corrected chi connectivity index (χ4v) is 10.9. The summed E-state index contributed by atoms with van der Waals surface area (Å²) in [7, 11) is 0. The van der Waals surface area contributed by atoms with E-state index < -0.39 is 19.8 Å². The van der Waals surface area contributed by atoms with Crippen LogP contribution >= 0.6 is 0 Å². The van der Waals surface area contributed by atoms with Crippen molar-refractivity contribution in [1.82, 2.24) is 0 Å². The molecule has 0 bridgehead atoms. The van der Waals surface area contributed by atoms with Crippen molar-refractivity contribution in [3.8, 4) is 0 Å². The Labute approximate surface area is 171 Å². The van der Waals surface area contributed by atoms with Crippen LogP contribution in [0.25, 0.3) is 0 Å². The van der Waals surface area contributed by atoms with Crippen LogP contribution in [0.15, 0.2) is 91.0 Å². The maximum absolute atomic E-state index is 2.29. The molecule has 3 aromatic carbocycles. The molecule has 0 heterocycles. The van der Waals surface area contributed by atoms with E-state index in [1.165, 1.54) is 49.3 Å². The Morgan fingerprint density at radius 1 is 0.423 bits per heavy atom. The molecule has 0 unspecified atom stereocenters. The number of hydrogen-bond donors (Lipinski definition) is 0. The second-order valence-electron chi connectivity index (χ2n) is 6.71. The summed E-state index contributed by atoms with van der Waals surface area (Å²) in [5, 5.41) is 0. The number of rotatable bonds is 9. The SMILES string of the molecule is [Cl-].c1ccc(C[CH2][Sn+]([CH2]Cc2ccccc2)[CH2]Cc2ccccc2)cc1. The first-order chi connectivity index (χ1) is 12.4. The monoisotopic (exact) mass is 470 g/mol. The van der Waals surface area contributed by atoms with Crippen LogP contribution in [-0.2, 0) is 19.3 Å². The van der Waals surface area contributed by atoms with Crippen LogP contribution in [-0.4, -0.2) is 19.8 Å². The maximum atomic E-state index is 2.29. The van der Waals surface area contributed by atoms with Gasteiger partial charge in [-0.25, -0.2) is 0 Å². The van der Waals surface area contributed by atoms with Crippen molar-refractivity contribution in [2.24, 2.45) is 0 Å². The van der Waals surface area contributed by atoms with Gasteiger partial charge in [-0.05, 0) is 0 Å². The van der Waals surface area contributed by atoms with E-state index in [0.29, 0.717) is 0 Å². The Bertz CT molecular complexity index is 610. The van der Waals surface area contributed by atoms with Crippen LogP contribution < -0.4 is 12.4 Å². The molecular weight excluding hydrogens is 442 g/mol. The molecule has 0 saturated carbocycles. The summed E-state index contributed by atoms with van der Waals surface area (Å²) in [5.41, 5.74) is 4.54. The number of aryl methyl sites for hydroxylation is 3. The molecule has 0 aliphatic rings. The van der Waals surface area contributed by atoms with Gasteiger partial charge in [0.1, 0.15) is 0 Å². The molecule has 0 fully saturated rings.